The van der Waals surface area contributed by atoms with Crippen molar-refractivity contribution in [3.63, 3.8) is 0 Å². The predicted octanol–water partition coefficient (Wildman–Crippen LogP) is 1.88. The summed E-state index contributed by atoms with van der Waals surface area (Å²) in [6.45, 7) is -0.240. The van der Waals surface area contributed by atoms with Gasteiger partial charge in [-0.25, -0.2) is 0 Å². The Hall–Kier alpha value is -1.27. The lowest BCUT2D eigenvalue weighted by molar-refractivity contribution is -0.188. The van der Waals surface area contributed by atoms with Crippen molar-refractivity contribution in [2.24, 2.45) is 0 Å². The van der Waals surface area contributed by atoms with Crippen molar-refractivity contribution in [3.05, 3.63) is 0 Å². The second kappa shape index (κ2) is 6.06. The van der Waals surface area contributed by atoms with E-state index in [1.54, 1.807) is 0 Å². The van der Waals surface area contributed by atoms with Crippen molar-refractivity contribution in [3.8, 4) is 0 Å². The highest BCUT2D eigenvalue weighted by molar-refractivity contribution is 5.82. The summed E-state index contributed by atoms with van der Waals surface area (Å²) in [5, 5.41) is 0. The molecule has 1 aliphatic carbocycles. The number of hydrogen-bond acceptors (Lipinski definition) is 3. The molecule has 7 heteroatoms. The molecular weight excluding hydrogens is 251 g/mol. The summed E-state index contributed by atoms with van der Waals surface area (Å²) in [5.74, 6) is -2.48. The van der Waals surface area contributed by atoms with Crippen LogP contribution in [-0.2, 0) is 14.3 Å². The summed E-state index contributed by atoms with van der Waals surface area (Å²) in [5.41, 5.74) is 0. The zero-order valence-corrected chi connectivity index (χ0v) is 10.1. The van der Waals surface area contributed by atoms with E-state index in [9.17, 15) is 22.8 Å². The fourth-order valence-corrected chi connectivity index (χ4v) is 2.14. The number of methoxy groups -OCH3 is 1. The SMILES string of the molecule is COC(=O)CCN(C(=O)C(F)(F)F)C1CCCC1. The van der Waals surface area contributed by atoms with Crippen LogP contribution in [0.1, 0.15) is 32.1 Å². The fraction of sp³-hybridized carbons (Fsp3) is 0.818. The maximum atomic E-state index is 12.5. The average molecular weight is 267 g/mol. The van der Waals surface area contributed by atoms with Crippen molar-refractivity contribution in [1.82, 2.24) is 4.90 Å². The topological polar surface area (TPSA) is 46.6 Å². The van der Waals surface area contributed by atoms with Gasteiger partial charge in [-0.05, 0) is 12.8 Å². The van der Waals surface area contributed by atoms with Crippen molar-refractivity contribution in [2.75, 3.05) is 13.7 Å². The molecule has 0 spiro atoms. The Bertz CT molecular complexity index is 311. The van der Waals surface area contributed by atoms with Crippen molar-refractivity contribution >= 4 is 11.9 Å². The molecule has 0 atom stereocenters. The molecule has 0 unspecified atom stereocenters. The minimum absolute atomic E-state index is 0.213. The zero-order chi connectivity index (χ0) is 13.8. The first kappa shape index (κ1) is 14.8. The summed E-state index contributed by atoms with van der Waals surface area (Å²) < 4.78 is 41.7. The Balaban J connectivity index is 2.68. The number of carbonyl (C=O) groups is 2. The smallest absolute Gasteiger partial charge is 0.469 e. The number of amides is 1. The molecule has 18 heavy (non-hydrogen) atoms. The monoisotopic (exact) mass is 267 g/mol. The third kappa shape index (κ3) is 3.89. The Morgan fingerprint density at radius 1 is 1.28 bits per heavy atom. The van der Waals surface area contributed by atoms with E-state index in [0.29, 0.717) is 12.8 Å². The number of nitrogens with zero attached hydrogens (tertiary/aromatic N) is 1. The first-order valence-corrected chi connectivity index (χ1v) is 5.81. The lowest BCUT2D eigenvalue weighted by atomic mass is 10.2. The molecule has 1 rings (SSSR count). The molecule has 0 N–H and O–H groups in total. The van der Waals surface area contributed by atoms with Crippen LogP contribution in [0, 0.1) is 0 Å². The van der Waals surface area contributed by atoms with Crippen LogP contribution in [0.15, 0.2) is 0 Å². The quantitative estimate of drug-likeness (QED) is 0.731. The number of ether oxygens (including phenoxy) is 1. The third-order valence-electron chi connectivity index (χ3n) is 3.05. The molecule has 0 bridgehead atoms. The normalized spacial score (nSPS) is 16.7. The van der Waals surface area contributed by atoms with Crippen LogP contribution in [0.3, 0.4) is 0 Å². The molecule has 1 fully saturated rings. The maximum absolute atomic E-state index is 12.5. The van der Waals surface area contributed by atoms with Gasteiger partial charge in [0.1, 0.15) is 0 Å². The third-order valence-corrected chi connectivity index (χ3v) is 3.05. The van der Waals surface area contributed by atoms with Crippen LogP contribution in [0.4, 0.5) is 13.2 Å². The minimum Gasteiger partial charge on any atom is -0.469 e. The van der Waals surface area contributed by atoms with Gasteiger partial charge in [-0.1, -0.05) is 12.8 Å². The van der Waals surface area contributed by atoms with Gasteiger partial charge in [0.25, 0.3) is 0 Å². The number of esters is 1. The van der Waals surface area contributed by atoms with Gasteiger partial charge in [0, 0.05) is 12.6 Å². The lowest BCUT2D eigenvalue weighted by Gasteiger charge is -2.29. The lowest BCUT2D eigenvalue weighted by Crippen LogP contribution is -2.47. The van der Waals surface area contributed by atoms with Crippen LogP contribution in [-0.4, -0.2) is 42.6 Å². The molecule has 1 aliphatic rings. The van der Waals surface area contributed by atoms with E-state index in [0.717, 1.165) is 24.9 Å². The van der Waals surface area contributed by atoms with Crippen molar-refractivity contribution in [2.45, 2.75) is 44.3 Å². The van der Waals surface area contributed by atoms with E-state index in [2.05, 4.69) is 4.74 Å². The first-order chi connectivity index (χ1) is 8.36. The van der Waals surface area contributed by atoms with E-state index in [4.69, 9.17) is 0 Å². The first-order valence-electron chi connectivity index (χ1n) is 5.81. The Morgan fingerprint density at radius 3 is 2.28 bits per heavy atom. The molecule has 0 heterocycles. The number of carbonyl (C=O) groups excluding carboxylic acids is 2. The molecule has 104 valence electrons. The second-order valence-corrected chi connectivity index (χ2v) is 4.26. The molecule has 1 saturated carbocycles. The molecule has 0 aromatic rings. The molecule has 1 amide bonds. The average Bonchev–Trinajstić information content (AvgIpc) is 2.81. The van der Waals surface area contributed by atoms with Crippen LogP contribution in [0.2, 0.25) is 0 Å². The number of halogens is 3. The van der Waals surface area contributed by atoms with Crippen LogP contribution in [0.5, 0.6) is 0 Å². The largest absolute Gasteiger partial charge is 0.471 e. The van der Waals surface area contributed by atoms with Gasteiger partial charge in [-0.2, -0.15) is 13.2 Å². The van der Waals surface area contributed by atoms with Crippen LogP contribution < -0.4 is 0 Å². The van der Waals surface area contributed by atoms with Gasteiger partial charge >= 0.3 is 18.1 Å². The Labute approximate surface area is 103 Å². The number of hydrogen-bond donors (Lipinski definition) is 0. The molecule has 0 radical (unpaired) electrons. The maximum Gasteiger partial charge on any atom is 0.471 e. The molecule has 0 aliphatic heterocycles. The van der Waals surface area contributed by atoms with Gasteiger partial charge < -0.3 is 9.64 Å². The highest BCUT2D eigenvalue weighted by Crippen LogP contribution is 2.28. The van der Waals surface area contributed by atoms with E-state index in [-0.39, 0.29) is 13.0 Å². The predicted molar refractivity (Wildman–Crippen MR) is 56.7 cm³/mol. The Kier molecular flexibility index (Phi) is 4.98. The minimum atomic E-state index is -4.89. The second-order valence-electron chi connectivity index (χ2n) is 4.26. The van der Waals surface area contributed by atoms with E-state index in [1.165, 1.54) is 0 Å². The standard InChI is InChI=1S/C11H16F3NO3/c1-18-9(16)6-7-15(8-4-2-3-5-8)10(17)11(12,13)14/h8H,2-7H2,1H3. The van der Waals surface area contributed by atoms with Crippen LogP contribution in [0.25, 0.3) is 0 Å². The van der Waals surface area contributed by atoms with E-state index in [1.807, 2.05) is 0 Å². The molecule has 0 saturated heterocycles. The van der Waals surface area contributed by atoms with Gasteiger partial charge in [0.05, 0.1) is 13.5 Å². The van der Waals surface area contributed by atoms with Crippen LogP contribution >= 0.6 is 0 Å². The molecule has 0 aromatic heterocycles. The molecule has 0 aromatic carbocycles. The van der Waals surface area contributed by atoms with E-state index < -0.39 is 24.1 Å². The van der Waals surface area contributed by atoms with Crippen molar-refractivity contribution in [1.29, 1.82) is 0 Å². The summed E-state index contributed by atoms with van der Waals surface area (Å²) in [4.78, 5) is 23.0. The Morgan fingerprint density at radius 2 is 1.83 bits per heavy atom. The van der Waals surface area contributed by atoms with Gasteiger partial charge in [-0.15, -0.1) is 0 Å². The fourth-order valence-electron chi connectivity index (χ4n) is 2.14. The van der Waals surface area contributed by atoms with Gasteiger partial charge in [-0.3, -0.25) is 9.59 Å². The molecule has 4 nitrogen and oxygen atoms in total. The highest BCUT2D eigenvalue weighted by Gasteiger charge is 2.44. The number of alkyl halides is 3. The van der Waals surface area contributed by atoms with Gasteiger partial charge in [0.15, 0.2) is 0 Å². The number of rotatable bonds is 4. The van der Waals surface area contributed by atoms with Gasteiger partial charge in [0.2, 0.25) is 0 Å². The zero-order valence-electron chi connectivity index (χ0n) is 10.1. The summed E-state index contributed by atoms with van der Waals surface area (Å²) in [6, 6.07) is -0.413. The molecular formula is C11H16F3NO3. The van der Waals surface area contributed by atoms with E-state index >= 15 is 0 Å². The summed E-state index contributed by atoms with van der Waals surface area (Å²) in [7, 11) is 1.16. The summed E-state index contributed by atoms with van der Waals surface area (Å²) >= 11 is 0. The summed E-state index contributed by atoms with van der Waals surface area (Å²) in [6.07, 6.45) is -2.37. The van der Waals surface area contributed by atoms with Crippen molar-refractivity contribution < 1.29 is 27.5 Å². The highest BCUT2D eigenvalue weighted by atomic mass is 19.4.